The Morgan fingerprint density at radius 2 is 2.25 bits per heavy atom. The van der Waals surface area contributed by atoms with Gasteiger partial charge >= 0.3 is 0 Å². The maximum absolute atomic E-state index is 13.0. The third kappa shape index (κ3) is 1.37. The lowest BCUT2D eigenvalue weighted by molar-refractivity contribution is 0.318. The Hall–Kier alpha value is -1.58. The van der Waals surface area contributed by atoms with Crippen LogP contribution in [-0.4, -0.2) is 11.0 Å². The van der Waals surface area contributed by atoms with Crippen molar-refractivity contribution in [2.45, 2.75) is 6.92 Å². The van der Waals surface area contributed by atoms with E-state index in [1.54, 1.807) is 19.1 Å². The van der Waals surface area contributed by atoms with E-state index in [0.717, 1.165) is 0 Å². The highest BCUT2D eigenvalue weighted by atomic mass is 19.1. The number of hydrogen-bond acceptors (Lipinski definition) is 2. The van der Waals surface area contributed by atoms with Crippen molar-refractivity contribution in [1.82, 2.24) is 0 Å². The molecule has 0 fully saturated rings. The topological polar surface area (TPSA) is 58.6 Å². The van der Waals surface area contributed by atoms with E-state index in [-0.39, 0.29) is 11.4 Å². The van der Waals surface area contributed by atoms with Crippen LogP contribution in [0.25, 0.3) is 0 Å². The molecule has 0 unspecified atom stereocenters. The molecule has 0 aliphatic carbocycles. The number of halogens is 1. The molecule has 0 aliphatic rings. The van der Waals surface area contributed by atoms with Crippen molar-refractivity contribution in [2.24, 2.45) is 10.9 Å². The maximum Gasteiger partial charge on any atom is 0.173 e. The lowest BCUT2D eigenvalue weighted by Crippen LogP contribution is -2.16. The third-order valence-electron chi connectivity index (χ3n) is 1.59. The highest BCUT2D eigenvalue weighted by Crippen LogP contribution is 2.11. The van der Waals surface area contributed by atoms with Gasteiger partial charge in [-0.25, -0.2) is 4.39 Å². The quantitative estimate of drug-likeness (QED) is 0.287. The fraction of sp³-hybridized carbons (Fsp3) is 0.125. The zero-order valence-electron chi connectivity index (χ0n) is 6.58. The molecule has 0 saturated heterocycles. The molecular formula is C8H9FN2O. The van der Waals surface area contributed by atoms with Gasteiger partial charge in [-0.15, -0.1) is 0 Å². The fourth-order valence-corrected chi connectivity index (χ4v) is 1.01. The number of aryl methyl sites for hydroxylation is 1. The van der Waals surface area contributed by atoms with E-state index in [0.29, 0.717) is 5.56 Å². The van der Waals surface area contributed by atoms with Gasteiger partial charge in [0.15, 0.2) is 5.84 Å². The number of nitrogens with two attached hydrogens (primary N) is 1. The molecule has 3 N–H and O–H groups in total. The van der Waals surface area contributed by atoms with Crippen LogP contribution in [0.5, 0.6) is 0 Å². The second-order valence-corrected chi connectivity index (χ2v) is 2.42. The van der Waals surface area contributed by atoms with Crippen molar-refractivity contribution in [3.05, 3.63) is 35.1 Å². The molecule has 1 aromatic carbocycles. The maximum atomic E-state index is 13.0. The molecule has 0 amide bonds. The molecule has 4 heteroatoms. The first-order valence-corrected chi connectivity index (χ1v) is 3.40. The first kappa shape index (κ1) is 8.52. The molecule has 0 spiro atoms. The lowest BCUT2D eigenvalue weighted by Gasteiger charge is -2.03. The van der Waals surface area contributed by atoms with Gasteiger partial charge in [-0.2, -0.15) is 0 Å². The summed E-state index contributed by atoms with van der Waals surface area (Å²) in [7, 11) is 0. The van der Waals surface area contributed by atoms with Crippen molar-refractivity contribution in [3.8, 4) is 0 Å². The molecule has 0 bridgehead atoms. The Balaban J connectivity index is 3.31. The van der Waals surface area contributed by atoms with E-state index >= 15 is 0 Å². The predicted molar refractivity (Wildman–Crippen MR) is 43.6 cm³/mol. The van der Waals surface area contributed by atoms with Gasteiger partial charge in [0.05, 0.1) is 5.56 Å². The Labute approximate surface area is 69.3 Å². The molecule has 0 saturated carbocycles. The summed E-state index contributed by atoms with van der Waals surface area (Å²) in [4.78, 5) is 0. The average molecular weight is 168 g/mol. The average Bonchev–Trinajstić information content (AvgIpc) is 2.03. The molecule has 1 rings (SSSR count). The molecule has 0 heterocycles. The van der Waals surface area contributed by atoms with Crippen LogP contribution in [0.15, 0.2) is 23.4 Å². The largest absolute Gasteiger partial charge is 0.409 e. The predicted octanol–water partition coefficient (Wildman–Crippen LogP) is 1.23. The number of hydrogen-bond donors (Lipinski definition) is 2. The Kier molecular flexibility index (Phi) is 2.28. The highest BCUT2D eigenvalue weighted by molar-refractivity contribution is 5.98. The Morgan fingerprint density at radius 1 is 1.58 bits per heavy atom. The molecule has 3 nitrogen and oxygen atoms in total. The smallest absolute Gasteiger partial charge is 0.173 e. The van der Waals surface area contributed by atoms with E-state index in [1.807, 2.05) is 0 Å². The van der Waals surface area contributed by atoms with Gasteiger partial charge in [0.2, 0.25) is 0 Å². The van der Waals surface area contributed by atoms with Gasteiger partial charge in [0, 0.05) is 0 Å². The molecule has 0 aromatic heterocycles. The minimum Gasteiger partial charge on any atom is -0.409 e. The second-order valence-electron chi connectivity index (χ2n) is 2.42. The van der Waals surface area contributed by atoms with Crippen LogP contribution in [0.2, 0.25) is 0 Å². The van der Waals surface area contributed by atoms with Gasteiger partial charge in [0.1, 0.15) is 5.82 Å². The second kappa shape index (κ2) is 3.21. The normalized spacial score (nSPS) is 11.7. The van der Waals surface area contributed by atoms with Crippen LogP contribution in [0.4, 0.5) is 4.39 Å². The molecule has 12 heavy (non-hydrogen) atoms. The van der Waals surface area contributed by atoms with Crippen molar-refractivity contribution in [3.63, 3.8) is 0 Å². The van der Waals surface area contributed by atoms with Crippen molar-refractivity contribution in [1.29, 1.82) is 0 Å². The number of oxime groups is 1. The van der Waals surface area contributed by atoms with Gasteiger partial charge < -0.3 is 10.9 Å². The molecular weight excluding hydrogens is 159 g/mol. The van der Waals surface area contributed by atoms with E-state index in [9.17, 15) is 4.39 Å². The van der Waals surface area contributed by atoms with Crippen LogP contribution in [0, 0.1) is 12.7 Å². The summed E-state index contributed by atoms with van der Waals surface area (Å²) in [5.41, 5.74) is 6.05. The van der Waals surface area contributed by atoms with Crippen molar-refractivity contribution in [2.75, 3.05) is 0 Å². The van der Waals surface area contributed by atoms with Gasteiger partial charge in [0.25, 0.3) is 0 Å². The molecule has 1 aromatic rings. The zero-order chi connectivity index (χ0) is 9.14. The summed E-state index contributed by atoms with van der Waals surface area (Å²) in [5.74, 6) is -0.684. The zero-order valence-corrected chi connectivity index (χ0v) is 6.58. The molecule has 0 radical (unpaired) electrons. The summed E-state index contributed by atoms with van der Waals surface area (Å²) in [6.45, 7) is 1.69. The minimum absolute atomic E-state index is 0.153. The first-order chi connectivity index (χ1) is 5.66. The van der Waals surface area contributed by atoms with Gasteiger partial charge in [-0.3, -0.25) is 0 Å². The van der Waals surface area contributed by atoms with E-state index in [4.69, 9.17) is 10.9 Å². The third-order valence-corrected chi connectivity index (χ3v) is 1.59. The summed E-state index contributed by atoms with van der Waals surface area (Å²) in [5, 5.41) is 11.1. The first-order valence-electron chi connectivity index (χ1n) is 3.40. The highest BCUT2D eigenvalue weighted by Gasteiger charge is 2.08. The van der Waals surface area contributed by atoms with Crippen molar-refractivity contribution >= 4 is 5.84 Å². The van der Waals surface area contributed by atoms with Crippen LogP contribution in [0.3, 0.4) is 0 Å². The van der Waals surface area contributed by atoms with Crippen LogP contribution < -0.4 is 5.73 Å². The monoisotopic (exact) mass is 168 g/mol. The SMILES string of the molecule is Cc1cccc(F)c1/C(N)=N/O. The summed E-state index contributed by atoms with van der Waals surface area (Å²) in [6, 6.07) is 4.52. The molecule has 64 valence electrons. The standard InChI is InChI=1S/C8H9FN2O/c1-5-3-2-4-6(9)7(5)8(10)11-12/h2-4,12H,1H3,(H2,10,11). The van der Waals surface area contributed by atoms with E-state index < -0.39 is 5.82 Å². The summed E-state index contributed by atoms with van der Waals surface area (Å²) in [6.07, 6.45) is 0. The lowest BCUT2D eigenvalue weighted by atomic mass is 10.1. The Bertz CT molecular complexity index is 303. The minimum atomic E-state index is -0.481. The number of nitrogens with zero attached hydrogens (tertiary/aromatic N) is 1. The summed E-state index contributed by atoms with van der Waals surface area (Å²) >= 11 is 0. The number of rotatable bonds is 1. The van der Waals surface area contributed by atoms with Crippen LogP contribution >= 0.6 is 0 Å². The van der Waals surface area contributed by atoms with E-state index in [1.165, 1.54) is 6.07 Å². The fourth-order valence-electron chi connectivity index (χ4n) is 1.01. The van der Waals surface area contributed by atoms with Crippen LogP contribution in [0.1, 0.15) is 11.1 Å². The van der Waals surface area contributed by atoms with Crippen LogP contribution in [-0.2, 0) is 0 Å². The summed E-state index contributed by atoms with van der Waals surface area (Å²) < 4.78 is 13.0. The van der Waals surface area contributed by atoms with Gasteiger partial charge in [-0.1, -0.05) is 17.3 Å². The van der Waals surface area contributed by atoms with E-state index in [2.05, 4.69) is 5.16 Å². The van der Waals surface area contributed by atoms with Crippen molar-refractivity contribution < 1.29 is 9.60 Å². The molecule has 0 aliphatic heterocycles. The number of benzene rings is 1. The Morgan fingerprint density at radius 3 is 2.75 bits per heavy atom. The molecule has 0 atom stereocenters. The van der Waals surface area contributed by atoms with Gasteiger partial charge in [-0.05, 0) is 18.6 Å². The number of amidine groups is 1.